The summed E-state index contributed by atoms with van der Waals surface area (Å²) in [5.41, 5.74) is 6.54. The molecule has 1 fully saturated rings. The highest BCUT2D eigenvalue weighted by atomic mass is 16.2. The monoisotopic (exact) mass is 906 g/mol. The maximum absolute atomic E-state index is 15.3. The minimum absolute atomic E-state index is 0.0701. The predicted molar refractivity (Wildman–Crippen MR) is 257 cm³/mol. The van der Waals surface area contributed by atoms with Crippen molar-refractivity contribution in [3.05, 3.63) is 214 Å². The van der Waals surface area contributed by atoms with Crippen LogP contribution in [0.4, 0.5) is 0 Å². The molecule has 0 bridgehead atoms. The Kier molecular flexibility index (Phi) is 13.8. The van der Waals surface area contributed by atoms with Gasteiger partial charge in [-0.3, -0.25) is 28.8 Å². The van der Waals surface area contributed by atoms with Gasteiger partial charge in [-0.2, -0.15) is 0 Å². The second-order valence-corrected chi connectivity index (χ2v) is 17.9. The Hall–Kier alpha value is -7.86. The molecule has 0 unspecified atom stereocenters. The first-order valence-electron chi connectivity index (χ1n) is 23.3. The van der Waals surface area contributed by atoms with E-state index in [1.54, 1.807) is 0 Å². The first-order chi connectivity index (χ1) is 33.2. The average Bonchev–Trinajstić information content (AvgIpc) is 3.37. The van der Waals surface area contributed by atoms with Crippen LogP contribution < -0.4 is 21.3 Å². The molecule has 12 heteroatoms. The highest BCUT2D eigenvalue weighted by Gasteiger charge is 2.43. The summed E-state index contributed by atoms with van der Waals surface area (Å²) in [6.45, 7) is 0.140. The van der Waals surface area contributed by atoms with Gasteiger partial charge in [-0.1, -0.05) is 170 Å². The van der Waals surface area contributed by atoms with Crippen molar-refractivity contribution in [2.24, 2.45) is 0 Å². The molecule has 1 saturated heterocycles. The van der Waals surface area contributed by atoms with Crippen LogP contribution in [0, 0.1) is 0 Å². The van der Waals surface area contributed by atoms with Gasteiger partial charge in [-0.05, 0) is 44.5 Å². The van der Waals surface area contributed by atoms with E-state index >= 15 is 19.2 Å². The fourth-order valence-electron chi connectivity index (χ4n) is 9.68. The van der Waals surface area contributed by atoms with Gasteiger partial charge in [-0.25, -0.2) is 0 Å². The van der Waals surface area contributed by atoms with Gasteiger partial charge in [0, 0.05) is 51.6 Å². The molecule has 4 N–H and O–H groups in total. The number of carbonyl (C=O) groups is 6. The van der Waals surface area contributed by atoms with Gasteiger partial charge in [0.2, 0.25) is 35.4 Å². The molecule has 0 aliphatic carbocycles. The molecule has 0 radical (unpaired) electrons. The summed E-state index contributed by atoms with van der Waals surface area (Å²) in [7, 11) is 0. The van der Waals surface area contributed by atoms with Crippen molar-refractivity contribution >= 4 is 35.4 Å². The van der Waals surface area contributed by atoms with Crippen molar-refractivity contribution in [2.75, 3.05) is 0 Å². The molecule has 3 aliphatic rings. The van der Waals surface area contributed by atoms with Gasteiger partial charge in [0.15, 0.2) is 0 Å². The quantitative estimate of drug-likeness (QED) is 0.172. The van der Waals surface area contributed by atoms with Crippen LogP contribution in [0.15, 0.2) is 170 Å². The van der Waals surface area contributed by atoms with Gasteiger partial charge in [0.1, 0.15) is 36.3 Å². The lowest BCUT2D eigenvalue weighted by molar-refractivity contribution is -0.147. The normalized spacial score (nSPS) is 22.4. The number of nitrogens with one attached hydrogen (secondary N) is 4. The Morgan fingerprint density at radius 1 is 0.324 bits per heavy atom. The lowest BCUT2D eigenvalue weighted by Crippen LogP contribution is -2.64. The zero-order valence-corrected chi connectivity index (χ0v) is 37.6. The molecule has 0 aromatic heterocycles. The van der Waals surface area contributed by atoms with Gasteiger partial charge >= 0.3 is 0 Å². The van der Waals surface area contributed by atoms with Gasteiger partial charge < -0.3 is 31.1 Å². The molecule has 6 amide bonds. The summed E-state index contributed by atoms with van der Waals surface area (Å²) < 4.78 is 0. The van der Waals surface area contributed by atoms with Crippen LogP contribution in [0.1, 0.15) is 44.5 Å². The van der Waals surface area contributed by atoms with Crippen molar-refractivity contribution in [1.82, 2.24) is 31.1 Å². The third kappa shape index (κ3) is 10.5. The number of nitrogens with zero attached hydrogens (tertiary/aromatic N) is 2. The summed E-state index contributed by atoms with van der Waals surface area (Å²) in [6.07, 6.45) is 0.651. The zero-order valence-electron chi connectivity index (χ0n) is 37.6. The highest BCUT2D eigenvalue weighted by molar-refractivity contribution is 5.99. The first kappa shape index (κ1) is 45.3. The molecule has 344 valence electrons. The smallest absolute Gasteiger partial charge is 0.246 e. The third-order valence-corrected chi connectivity index (χ3v) is 13.3. The molecule has 0 saturated carbocycles. The molecule has 6 aromatic carbocycles. The highest BCUT2D eigenvalue weighted by Crippen LogP contribution is 2.28. The molecule has 3 heterocycles. The Labute approximate surface area is 396 Å². The van der Waals surface area contributed by atoms with E-state index < -0.39 is 71.7 Å². The summed E-state index contributed by atoms with van der Waals surface area (Å²) >= 11 is 0. The lowest BCUT2D eigenvalue weighted by atomic mass is 9.91. The van der Waals surface area contributed by atoms with Crippen LogP contribution in [-0.4, -0.2) is 81.5 Å². The van der Waals surface area contributed by atoms with Crippen LogP contribution in [0.25, 0.3) is 0 Å². The summed E-state index contributed by atoms with van der Waals surface area (Å²) in [6, 6.07) is 45.6. The number of amides is 6. The molecular formula is C56H54N6O6. The van der Waals surface area contributed by atoms with E-state index in [0.29, 0.717) is 0 Å². The standard InChI is InChI=1S/C56H54N6O6/c63-51-45(29-37-17-5-1-6-18-37)57-53(65)49-33-41-25-13-15-27-43(41)35-61(49)56(68)48(32-40-23-11-4-12-24-40)60-52(64)46(30-38-19-7-2-8-20-38)58-54(66)50-34-42-26-14-16-28-44(42)36-62(50)55(67)47(59-51)31-39-21-9-3-10-22-39/h1-28,45-50H,29-36H2,(H,57,65)(H,58,66)(H,59,63)(H,60,64)/t45-,46-,47-,48-,49-,50-/m0/s1. The minimum atomic E-state index is -1.18. The predicted octanol–water partition coefficient (Wildman–Crippen LogP) is 4.82. The summed E-state index contributed by atoms with van der Waals surface area (Å²) in [5.74, 6) is -3.28. The van der Waals surface area contributed by atoms with E-state index in [1.807, 2.05) is 170 Å². The molecule has 3 aliphatic heterocycles. The second kappa shape index (κ2) is 20.8. The maximum atomic E-state index is 15.3. The van der Waals surface area contributed by atoms with Gasteiger partial charge in [0.25, 0.3) is 0 Å². The van der Waals surface area contributed by atoms with Crippen molar-refractivity contribution in [2.45, 2.75) is 87.9 Å². The summed E-state index contributed by atoms with van der Waals surface area (Å²) in [5, 5.41) is 12.1. The van der Waals surface area contributed by atoms with Crippen LogP contribution >= 0.6 is 0 Å². The molecule has 6 aromatic rings. The molecule has 9 rings (SSSR count). The third-order valence-electron chi connectivity index (χ3n) is 13.3. The van der Waals surface area contributed by atoms with E-state index in [0.717, 1.165) is 44.5 Å². The van der Waals surface area contributed by atoms with E-state index in [2.05, 4.69) is 21.3 Å². The molecule has 0 spiro atoms. The van der Waals surface area contributed by atoms with Crippen molar-refractivity contribution in [1.29, 1.82) is 0 Å². The van der Waals surface area contributed by atoms with Crippen molar-refractivity contribution < 1.29 is 28.8 Å². The van der Waals surface area contributed by atoms with Gasteiger partial charge in [0.05, 0.1) is 0 Å². The minimum Gasteiger partial charge on any atom is -0.342 e. The van der Waals surface area contributed by atoms with Crippen molar-refractivity contribution in [3.63, 3.8) is 0 Å². The number of fused-ring (bicyclic) bond motifs is 4. The van der Waals surface area contributed by atoms with Crippen LogP contribution in [0.5, 0.6) is 0 Å². The van der Waals surface area contributed by atoms with E-state index in [-0.39, 0.29) is 51.6 Å². The maximum Gasteiger partial charge on any atom is 0.246 e. The fraction of sp³-hybridized carbons (Fsp3) is 0.250. The Morgan fingerprint density at radius 2 is 0.588 bits per heavy atom. The van der Waals surface area contributed by atoms with E-state index in [1.165, 1.54) is 9.80 Å². The molecule has 12 nitrogen and oxygen atoms in total. The fourth-order valence-corrected chi connectivity index (χ4v) is 9.68. The van der Waals surface area contributed by atoms with Crippen LogP contribution in [0.2, 0.25) is 0 Å². The molecule has 68 heavy (non-hydrogen) atoms. The average molecular weight is 907 g/mol. The van der Waals surface area contributed by atoms with E-state index in [9.17, 15) is 9.59 Å². The Bertz CT molecular complexity index is 2580. The Morgan fingerprint density at radius 3 is 0.912 bits per heavy atom. The van der Waals surface area contributed by atoms with Crippen LogP contribution in [0.3, 0.4) is 0 Å². The summed E-state index contributed by atoms with van der Waals surface area (Å²) in [4.78, 5) is 93.6. The number of benzene rings is 6. The van der Waals surface area contributed by atoms with E-state index in [4.69, 9.17) is 0 Å². The van der Waals surface area contributed by atoms with Crippen molar-refractivity contribution in [3.8, 4) is 0 Å². The second-order valence-electron chi connectivity index (χ2n) is 17.9. The number of hydrogen-bond donors (Lipinski definition) is 4. The molecular weight excluding hydrogens is 853 g/mol. The zero-order chi connectivity index (χ0) is 47.0. The van der Waals surface area contributed by atoms with Crippen LogP contribution in [-0.2, 0) is 80.4 Å². The van der Waals surface area contributed by atoms with Gasteiger partial charge in [-0.15, -0.1) is 0 Å². The Balaban J connectivity index is 1.16. The first-order valence-corrected chi connectivity index (χ1v) is 23.3. The molecule has 6 atom stereocenters. The largest absolute Gasteiger partial charge is 0.342 e. The SMILES string of the molecule is O=C1N[C@@H](Cc2ccccc2)C(=O)N2Cc3ccccc3C[C@H]2C(=O)N[C@@H](Cc2ccccc2)C(=O)N[C@@H](Cc2ccccc2)C(=O)N2Cc3ccccc3C[C@H]2C(=O)N[C@H]1Cc1ccccc1. The topological polar surface area (TPSA) is 157 Å². The lowest BCUT2D eigenvalue weighted by Gasteiger charge is -2.40. The number of rotatable bonds is 8. The number of carbonyl (C=O) groups excluding carboxylic acids is 6. The number of hydrogen-bond acceptors (Lipinski definition) is 6.